The van der Waals surface area contributed by atoms with Crippen LogP contribution in [-0.4, -0.2) is 35.4 Å². The summed E-state index contributed by atoms with van der Waals surface area (Å²) >= 11 is 0. The number of anilines is 3. The normalized spacial score (nSPS) is 11.2. The maximum atomic E-state index is 10.8. The highest BCUT2D eigenvalue weighted by Gasteiger charge is 2.13. The van der Waals surface area contributed by atoms with Gasteiger partial charge in [0.15, 0.2) is 11.5 Å². The summed E-state index contributed by atoms with van der Waals surface area (Å²) in [6.45, 7) is 0. The van der Waals surface area contributed by atoms with Crippen molar-refractivity contribution in [3.05, 3.63) is 64.8 Å². The molecule has 0 radical (unpaired) electrons. The Balaban J connectivity index is 0.000000999. The summed E-state index contributed by atoms with van der Waals surface area (Å²) in [7, 11) is 3.08. The van der Waals surface area contributed by atoms with E-state index in [9.17, 15) is 4.79 Å². The van der Waals surface area contributed by atoms with Crippen molar-refractivity contribution in [1.82, 2.24) is 9.97 Å². The molecule has 2 aromatic carbocycles. The average molecular weight is 462 g/mol. The monoisotopic (exact) mass is 461 g/mol. The molecule has 1 aliphatic carbocycles. The summed E-state index contributed by atoms with van der Waals surface area (Å²) in [6.07, 6.45) is 5.38. The first-order valence-corrected chi connectivity index (χ1v) is 10.6. The maximum Gasteiger partial charge on any atom is 0.409 e. The SMILES string of the molecule is C1CC1.COc1cc(Cc2cnc(N)nc2N)cc(C#Cc2cccc(NC(=O)O)c2)c1OC. The second kappa shape index (κ2) is 11.4. The number of hydrogen-bond donors (Lipinski definition) is 4. The molecule has 6 N–H and O–H groups in total. The number of ether oxygens (including phenoxy) is 2. The predicted octanol–water partition coefficient (Wildman–Crippen LogP) is 3.91. The summed E-state index contributed by atoms with van der Waals surface area (Å²) in [6, 6.07) is 10.5. The molecule has 3 aromatic rings. The molecule has 0 spiro atoms. The molecule has 1 fully saturated rings. The van der Waals surface area contributed by atoms with E-state index < -0.39 is 6.09 Å². The minimum Gasteiger partial charge on any atom is -0.493 e. The van der Waals surface area contributed by atoms with Gasteiger partial charge >= 0.3 is 6.09 Å². The standard InChI is InChI=1S/C22H21N5O4.C3H6/c1-30-18-11-14(9-16-12-25-21(24)27-20(16)23)8-15(19(18)31-2)7-6-13-4-3-5-17(10-13)26-22(28)29;1-2-3-1/h3-5,8,10-12,26H,9H2,1-2H3,(H,28,29)(H4,23,24,25,27);1-3H2. The third-order valence-electron chi connectivity index (χ3n) is 4.66. The number of aromatic nitrogens is 2. The van der Waals surface area contributed by atoms with Gasteiger partial charge in [0, 0.05) is 29.4 Å². The zero-order valence-corrected chi connectivity index (χ0v) is 19.1. The number of methoxy groups -OCH3 is 2. The van der Waals surface area contributed by atoms with Crippen molar-refractivity contribution >= 4 is 23.5 Å². The fourth-order valence-corrected chi connectivity index (χ4v) is 2.94. The predicted molar refractivity (Wildman–Crippen MR) is 131 cm³/mol. The molecule has 0 atom stereocenters. The zero-order valence-electron chi connectivity index (χ0n) is 19.1. The molecule has 0 bridgehead atoms. The van der Waals surface area contributed by atoms with Gasteiger partial charge in [0.1, 0.15) is 5.82 Å². The number of nitrogens with two attached hydrogens (primary N) is 2. The van der Waals surface area contributed by atoms with E-state index in [0.29, 0.717) is 46.1 Å². The third kappa shape index (κ3) is 7.03. The highest BCUT2D eigenvalue weighted by atomic mass is 16.5. The van der Waals surface area contributed by atoms with Crippen LogP contribution in [0.3, 0.4) is 0 Å². The van der Waals surface area contributed by atoms with E-state index in [0.717, 1.165) is 5.56 Å². The van der Waals surface area contributed by atoms with Crippen LogP contribution in [0.25, 0.3) is 0 Å². The lowest BCUT2D eigenvalue weighted by atomic mass is 10.0. The second-order valence-electron chi connectivity index (χ2n) is 7.52. The van der Waals surface area contributed by atoms with Gasteiger partial charge in [-0.2, -0.15) is 4.98 Å². The second-order valence-corrected chi connectivity index (χ2v) is 7.52. The molecule has 9 nitrogen and oxygen atoms in total. The number of carbonyl (C=O) groups is 1. The first-order chi connectivity index (χ1) is 16.4. The molecule has 1 amide bonds. The molecular formula is C25H27N5O4. The van der Waals surface area contributed by atoms with Gasteiger partial charge < -0.3 is 26.0 Å². The third-order valence-corrected chi connectivity index (χ3v) is 4.66. The first-order valence-electron chi connectivity index (χ1n) is 10.6. The largest absolute Gasteiger partial charge is 0.493 e. The molecule has 1 aliphatic rings. The molecular weight excluding hydrogens is 434 g/mol. The summed E-state index contributed by atoms with van der Waals surface area (Å²) < 4.78 is 11.0. The molecule has 0 unspecified atom stereocenters. The Morgan fingerprint density at radius 1 is 1.12 bits per heavy atom. The first kappa shape index (κ1) is 24.2. The van der Waals surface area contributed by atoms with Crippen LogP contribution in [0.1, 0.15) is 41.5 Å². The van der Waals surface area contributed by atoms with Gasteiger partial charge in [-0.1, -0.05) is 37.2 Å². The topological polar surface area (TPSA) is 146 Å². The van der Waals surface area contributed by atoms with E-state index in [1.54, 1.807) is 37.6 Å². The molecule has 4 rings (SSSR count). The van der Waals surface area contributed by atoms with Crippen molar-refractivity contribution in [3.8, 4) is 23.3 Å². The molecule has 34 heavy (non-hydrogen) atoms. The van der Waals surface area contributed by atoms with Crippen LogP contribution in [0.4, 0.5) is 22.2 Å². The summed E-state index contributed by atoms with van der Waals surface area (Å²) in [5.41, 5.74) is 14.8. The van der Waals surface area contributed by atoms with E-state index in [-0.39, 0.29) is 5.95 Å². The quantitative estimate of drug-likeness (QED) is 0.418. The van der Waals surface area contributed by atoms with Crippen LogP contribution in [0.15, 0.2) is 42.6 Å². The number of nitrogens with zero attached hydrogens (tertiary/aromatic N) is 2. The number of nitrogens with one attached hydrogen (secondary N) is 1. The number of carboxylic acid groups (broad SMARTS) is 1. The lowest BCUT2D eigenvalue weighted by Gasteiger charge is -2.13. The molecule has 0 aliphatic heterocycles. The van der Waals surface area contributed by atoms with Crippen LogP contribution in [0.2, 0.25) is 0 Å². The van der Waals surface area contributed by atoms with Crippen molar-refractivity contribution in [2.45, 2.75) is 25.7 Å². The van der Waals surface area contributed by atoms with Crippen molar-refractivity contribution in [2.75, 3.05) is 31.0 Å². The fraction of sp³-hybridized carbons (Fsp3) is 0.240. The summed E-state index contributed by atoms with van der Waals surface area (Å²) in [5.74, 6) is 7.51. The summed E-state index contributed by atoms with van der Waals surface area (Å²) in [4.78, 5) is 18.8. The van der Waals surface area contributed by atoms with Gasteiger partial charge in [-0.15, -0.1) is 0 Å². The summed E-state index contributed by atoms with van der Waals surface area (Å²) in [5, 5.41) is 11.2. The number of benzene rings is 2. The van der Waals surface area contributed by atoms with E-state index in [1.165, 1.54) is 26.4 Å². The van der Waals surface area contributed by atoms with E-state index in [1.807, 2.05) is 12.1 Å². The Morgan fingerprint density at radius 3 is 2.50 bits per heavy atom. The maximum absolute atomic E-state index is 10.8. The van der Waals surface area contributed by atoms with Gasteiger partial charge in [0.2, 0.25) is 5.95 Å². The van der Waals surface area contributed by atoms with Crippen LogP contribution >= 0.6 is 0 Å². The number of nitrogen functional groups attached to an aromatic ring is 2. The number of amides is 1. The van der Waals surface area contributed by atoms with Gasteiger partial charge in [-0.05, 0) is 35.9 Å². The Kier molecular flexibility index (Phi) is 8.13. The Morgan fingerprint density at radius 2 is 1.88 bits per heavy atom. The lowest BCUT2D eigenvalue weighted by Crippen LogP contribution is -2.06. The van der Waals surface area contributed by atoms with Crippen molar-refractivity contribution in [3.63, 3.8) is 0 Å². The van der Waals surface area contributed by atoms with Gasteiger partial charge in [-0.3, -0.25) is 5.32 Å². The smallest absolute Gasteiger partial charge is 0.409 e. The zero-order chi connectivity index (χ0) is 24.5. The number of rotatable bonds is 5. The molecule has 1 aromatic heterocycles. The molecule has 0 saturated heterocycles. The van der Waals surface area contributed by atoms with Crippen LogP contribution in [-0.2, 0) is 6.42 Å². The average Bonchev–Trinajstić information content (AvgIpc) is 3.68. The van der Waals surface area contributed by atoms with E-state index >= 15 is 0 Å². The van der Waals surface area contributed by atoms with Gasteiger partial charge in [0.25, 0.3) is 0 Å². The van der Waals surface area contributed by atoms with Crippen molar-refractivity contribution < 1.29 is 19.4 Å². The lowest BCUT2D eigenvalue weighted by molar-refractivity contribution is 0.209. The number of hydrogen-bond acceptors (Lipinski definition) is 7. The Hall–Kier alpha value is -4.45. The van der Waals surface area contributed by atoms with Gasteiger partial charge in [-0.25, -0.2) is 9.78 Å². The van der Waals surface area contributed by atoms with Crippen molar-refractivity contribution in [1.29, 1.82) is 0 Å². The van der Waals surface area contributed by atoms with Crippen LogP contribution in [0.5, 0.6) is 11.5 Å². The van der Waals surface area contributed by atoms with E-state index in [2.05, 4.69) is 27.1 Å². The van der Waals surface area contributed by atoms with Crippen LogP contribution < -0.4 is 26.3 Å². The Labute approximate surface area is 198 Å². The Bertz CT molecular complexity index is 1230. The minimum absolute atomic E-state index is 0.111. The van der Waals surface area contributed by atoms with Gasteiger partial charge in [0.05, 0.1) is 19.8 Å². The van der Waals surface area contributed by atoms with Crippen LogP contribution in [0, 0.1) is 11.8 Å². The fourth-order valence-electron chi connectivity index (χ4n) is 2.94. The van der Waals surface area contributed by atoms with E-state index in [4.69, 9.17) is 26.0 Å². The molecule has 176 valence electrons. The highest BCUT2D eigenvalue weighted by Crippen LogP contribution is 2.33. The molecule has 1 heterocycles. The molecule has 9 heteroatoms. The highest BCUT2D eigenvalue weighted by molar-refractivity contribution is 5.83. The van der Waals surface area contributed by atoms with Crippen molar-refractivity contribution in [2.24, 2.45) is 0 Å². The minimum atomic E-state index is -1.14. The molecule has 1 saturated carbocycles.